The van der Waals surface area contributed by atoms with Crippen LogP contribution in [0.5, 0.6) is 0 Å². The van der Waals surface area contributed by atoms with Crippen molar-refractivity contribution >= 4 is 5.69 Å². The highest BCUT2D eigenvalue weighted by Gasteiger charge is 2.53. The third-order valence-electron chi connectivity index (χ3n) is 3.86. The molecule has 0 atom stereocenters. The zero-order valence-corrected chi connectivity index (χ0v) is 9.24. The molecule has 0 saturated heterocycles. The molecule has 2 aliphatic carbocycles. The SMILES string of the molecule is N#Cc1ccc(NCC2(C3CC3)CC2)cn1. The van der Waals surface area contributed by atoms with Crippen LogP contribution in [0.15, 0.2) is 18.3 Å². The molecule has 0 radical (unpaired) electrons. The number of nitrogens with one attached hydrogen (secondary N) is 1. The number of anilines is 1. The molecule has 3 rings (SSSR count). The zero-order chi connectivity index (χ0) is 11.0. The number of aromatic nitrogens is 1. The predicted octanol–water partition coefficient (Wildman–Crippen LogP) is 2.56. The first kappa shape index (κ1) is 9.65. The van der Waals surface area contributed by atoms with Crippen LogP contribution in [0.3, 0.4) is 0 Å². The molecule has 16 heavy (non-hydrogen) atoms. The highest BCUT2D eigenvalue weighted by molar-refractivity contribution is 5.43. The standard InChI is InChI=1S/C13H15N3/c14-7-11-3-4-12(8-15-11)16-9-13(5-6-13)10-1-2-10/h3-4,8,10,16H,1-2,5-6,9H2. The lowest BCUT2D eigenvalue weighted by Crippen LogP contribution is -2.17. The molecular weight excluding hydrogens is 198 g/mol. The fourth-order valence-electron chi connectivity index (χ4n) is 2.43. The molecule has 82 valence electrons. The summed E-state index contributed by atoms with van der Waals surface area (Å²) in [6.45, 7) is 1.07. The highest BCUT2D eigenvalue weighted by Crippen LogP contribution is 2.61. The van der Waals surface area contributed by atoms with Crippen LogP contribution in [-0.2, 0) is 0 Å². The second kappa shape index (κ2) is 3.48. The molecule has 2 fully saturated rings. The number of rotatable bonds is 4. The van der Waals surface area contributed by atoms with Crippen LogP contribution >= 0.6 is 0 Å². The van der Waals surface area contributed by atoms with Gasteiger partial charge in [0.15, 0.2) is 0 Å². The van der Waals surface area contributed by atoms with Crippen LogP contribution in [0.2, 0.25) is 0 Å². The van der Waals surface area contributed by atoms with E-state index in [9.17, 15) is 0 Å². The van der Waals surface area contributed by atoms with Gasteiger partial charge < -0.3 is 5.32 Å². The van der Waals surface area contributed by atoms with Crippen LogP contribution in [0.4, 0.5) is 5.69 Å². The number of nitrogens with zero attached hydrogens (tertiary/aromatic N) is 2. The van der Waals surface area contributed by atoms with Gasteiger partial charge in [-0.15, -0.1) is 0 Å². The number of nitriles is 1. The summed E-state index contributed by atoms with van der Waals surface area (Å²) in [5, 5.41) is 12.1. The minimum absolute atomic E-state index is 0.480. The van der Waals surface area contributed by atoms with Crippen molar-refractivity contribution in [1.82, 2.24) is 4.98 Å². The van der Waals surface area contributed by atoms with Crippen molar-refractivity contribution in [2.24, 2.45) is 11.3 Å². The van der Waals surface area contributed by atoms with E-state index in [1.54, 1.807) is 12.3 Å². The van der Waals surface area contributed by atoms with Gasteiger partial charge >= 0.3 is 0 Å². The summed E-state index contributed by atoms with van der Waals surface area (Å²) in [6, 6.07) is 5.73. The first-order valence-corrected chi connectivity index (χ1v) is 5.92. The zero-order valence-electron chi connectivity index (χ0n) is 9.24. The van der Waals surface area contributed by atoms with Gasteiger partial charge in [-0.25, -0.2) is 4.98 Å². The molecule has 1 N–H and O–H groups in total. The van der Waals surface area contributed by atoms with Crippen LogP contribution in [0, 0.1) is 22.7 Å². The molecule has 0 aliphatic heterocycles. The molecule has 0 unspecified atom stereocenters. The topological polar surface area (TPSA) is 48.7 Å². The second-order valence-corrected chi connectivity index (χ2v) is 5.03. The maximum absolute atomic E-state index is 8.65. The van der Waals surface area contributed by atoms with Gasteiger partial charge in [-0.2, -0.15) is 5.26 Å². The lowest BCUT2D eigenvalue weighted by atomic mass is 10.0. The Bertz CT molecular complexity index is 421. The van der Waals surface area contributed by atoms with E-state index >= 15 is 0 Å². The fourth-order valence-corrected chi connectivity index (χ4v) is 2.43. The van der Waals surface area contributed by atoms with Gasteiger partial charge in [0, 0.05) is 6.54 Å². The van der Waals surface area contributed by atoms with Gasteiger partial charge in [0.1, 0.15) is 11.8 Å². The van der Waals surface area contributed by atoms with E-state index in [1.165, 1.54) is 25.7 Å². The Morgan fingerprint density at radius 3 is 2.75 bits per heavy atom. The summed E-state index contributed by atoms with van der Waals surface area (Å²) in [5.74, 6) is 0.978. The molecule has 0 spiro atoms. The van der Waals surface area contributed by atoms with E-state index < -0.39 is 0 Å². The molecule has 1 heterocycles. The third-order valence-corrected chi connectivity index (χ3v) is 3.86. The molecule has 0 aromatic carbocycles. The van der Waals surface area contributed by atoms with E-state index in [-0.39, 0.29) is 0 Å². The van der Waals surface area contributed by atoms with E-state index in [0.717, 1.165) is 18.2 Å². The molecule has 2 saturated carbocycles. The van der Waals surface area contributed by atoms with Crippen molar-refractivity contribution in [3.05, 3.63) is 24.0 Å². The summed E-state index contributed by atoms with van der Waals surface area (Å²) >= 11 is 0. The van der Waals surface area contributed by atoms with Gasteiger partial charge in [0.25, 0.3) is 0 Å². The summed E-state index contributed by atoms with van der Waals surface area (Å²) in [6.07, 6.45) is 7.37. The molecule has 0 amide bonds. The van der Waals surface area contributed by atoms with Crippen molar-refractivity contribution in [3.8, 4) is 6.07 Å². The van der Waals surface area contributed by atoms with Crippen LogP contribution in [0.1, 0.15) is 31.4 Å². The fraction of sp³-hybridized carbons (Fsp3) is 0.538. The quantitative estimate of drug-likeness (QED) is 0.836. The number of hydrogen-bond acceptors (Lipinski definition) is 3. The van der Waals surface area contributed by atoms with Crippen molar-refractivity contribution in [2.75, 3.05) is 11.9 Å². The Labute approximate surface area is 95.5 Å². The minimum Gasteiger partial charge on any atom is -0.383 e. The van der Waals surface area contributed by atoms with Crippen LogP contribution in [-0.4, -0.2) is 11.5 Å². The largest absolute Gasteiger partial charge is 0.383 e. The molecule has 3 nitrogen and oxygen atoms in total. The predicted molar refractivity (Wildman–Crippen MR) is 61.8 cm³/mol. The maximum atomic E-state index is 8.65. The van der Waals surface area contributed by atoms with Crippen molar-refractivity contribution in [1.29, 1.82) is 5.26 Å². The van der Waals surface area contributed by atoms with Gasteiger partial charge in [-0.3, -0.25) is 0 Å². The second-order valence-electron chi connectivity index (χ2n) is 5.03. The highest BCUT2D eigenvalue weighted by atomic mass is 14.9. The molecule has 2 aliphatic rings. The van der Waals surface area contributed by atoms with E-state index in [0.29, 0.717) is 11.1 Å². The van der Waals surface area contributed by atoms with E-state index in [1.807, 2.05) is 12.1 Å². The first-order chi connectivity index (χ1) is 7.82. The molecule has 0 bridgehead atoms. The Morgan fingerprint density at radius 2 is 2.25 bits per heavy atom. The Morgan fingerprint density at radius 1 is 1.44 bits per heavy atom. The van der Waals surface area contributed by atoms with Crippen molar-refractivity contribution in [3.63, 3.8) is 0 Å². The van der Waals surface area contributed by atoms with E-state index in [4.69, 9.17) is 5.26 Å². The Hall–Kier alpha value is -1.56. The Balaban J connectivity index is 1.60. The summed E-state index contributed by atoms with van der Waals surface area (Å²) in [7, 11) is 0. The van der Waals surface area contributed by atoms with E-state index in [2.05, 4.69) is 10.3 Å². The summed E-state index contributed by atoms with van der Waals surface area (Å²) in [4.78, 5) is 4.06. The third kappa shape index (κ3) is 1.76. The monoisotopic (exact) mass is 213 g/mol. The lowest BCUT2D eigenvalue weighted by Gasteiger charge is -2.15. The summed E-state index contributed by atoms with van der Waals surface area (Å²) in [5.41, 5.74) is 2.12. The summed E-state index contributed by atoms with van der Waals surface area (Å²) < 4.78 is 0. The maximum Gasteiger partial charge on any atom is 0.140 e. The van der Waals surface area contributed by atoms with Gasteiger partial charge in [0.05, 0.1) is 11.9 Å². The average Bonchev–Trinajstić information content (AvgIpc) is 3.17. The molecule has 3 heteroatoms. The van der Waals surface area contributed by atoms with Crippen LogP contribution in [0.25, 0.3) is 0 Å². The smallest absolute Gasteiger partial charge is 0.140 e. The normalized spacial score (nSPS) is 21.2. The molecule has 1 aromatic rings. The van der Waals surface area contributed by atoms with Gasteiger partial charge in [-0.05, 0) is 49.1 Å². The Kier molecular flexibility index (Phi) is 2.10. The average molecular weight is 213 g/mol. The molecule has 1 aromatic heterocycles. The number of pyridine rings is 1. The lowest BCUT2D eigenvalue weighted by molar-refractivity contribution is 0.467. The molecular formula is C13H15N3. The first-order valence-electron chi connectivity index (χ1n) is 5.92. The minimum atomic E-state index is 0.480. The van der Waals surface area contributed by atoms with Gasteiger partial charge in [0.2, 0.25) is 0 Å². The van der Waals surface area contributed by atoms with Crippen LogP contribution < -0.4 is 5.32 Å². The van der Waals surface area contributed by atoms with Crippen molar-refractivity contribution in [2.45, 2.75) is 25.7 Å². The van der Waals surface area contributed by atoms with Crippen molar-refractivity contribution < 1.29 is 0 Å². The van der Waals surface area contributed by atoms with Gasteiger partial charge in [-0.1, -0.05) is 0 Å². The number of hydrogen-bond donors (Lipinski definition) is 1.